The van der Waals surface area contributed by atoms with Crippen molar-refractivity contribution in [2.24, 2.45) is 11.8 Å². The van der Waals surface area contributed by atoms with Crippen LogP contribution in [-0.4, -0.2) is 0 Å². The van der Waals surface area contributed by atoms with E-state index in [2.05, 4.69) is 66.7 Å². The lowest BCUT2D eigenvalue weighted by atomic mass is 9.93. The molecule has 0 spiro atoms. The smallest absolute Gasteiger partial charge is 0.0231 e. The monoisotopic (exact) mass is 254 g/mol. The number of hydrogen-bond donors (Lipinski definition) is 0. The molecule has 1 atom stereocenters. The Balaban J connectivity index is -0.000000389. The molecule has 18 heavy (non-hydrogen) atoms. The molecule has 0 aliphatic heterocycles. The van der Waals surface area contributed by atoms with Gasteiger partial charge in [0.15, 0.2) is 0 Å². The molecule has 0 amide bonds. The van der Waals surface area contributed by atoms with Crippen molar-refractivity contribution in [1.29, 1.82) is 0 Å². The lowest BCUT2D eigenvalue weighted by Gasteiger charge is -2.13. The van der Waals surface area contributed by atoms with Crippen molar-refractivity contribution in [1.82, 2.24) is 0 Å². The molecule has 0 aromatic heterocycles. The summed E-state index contributed by atoms with van der Waals surface area (Å²) in [5.74, 6) is 1.57. The van der Waals surface area contributed by atoms with Crippen molar-refractivity contribution >= 4 is 0 Å². The third-order valence-corrected chi connectivity index (χ3v) is 2.51. The molecule has 0 saturated carbocycles. The first-order valence-electron chi connectivity index (χ1n) is 7.78. The molecule has 0 heteroatoms. The lowest BCUT2D eigenvalue weighted by molar-refractivity contribution is 0.489. The highest BCUT2D eigenvalue weighted by molar-refractivity contribution is 5.11. The predicted molar refractivity (Wildman–Crippen MR) is 89.1 cm³/mol. The van der Waals surface area contributed by atoms with Crippen molar-refractivity contribution in [2.45, 2.75) is 81.6 Å². The Morgan fingerprint density at radius 2 is 1.44 bits per heavy atom. The maximum Gasteiger partial charge on any atom is -0.0231 e. The van der Waals surface area contributed by atoms with Gasteiger partial charge in [-0.2, -0.15) is 0 Å². The van der Waals surface area contributed by atoms with Gasteiger partial charge in [-0.15, -0.1) is 0 Å². The van der Waals surface area contributed by atoms with Gasteiger partial charge in [-0.1, -0.05) is 85.1 Å². The Labute approximate surface area is 118 Å². The summed E-state index contributed by atoms with van der Waals surface area (Å²) >= 11 is 0. The predicted octanol–water partition coefficient (Wildman–Crippen LogP) is 7.02. The van der Waals surface area contributed by atoms with Crippen molar-refractivity contribution in [2.75, 3.05) is 0 Å². The Hall–Kier alpha value is -0.520. The highest BCUT2D eigenvalue weighted by Crippen LogP contribution is 2.18. The van der Waals surface area contributed by atoms with Crippen LogP contribution < -0.4 is 0 Å². The van der Waals surface area contributed by atoms with Gasteiger partial charge in [0, 0.05) is 0 Å². The van der Waals surface area contributed by atoms with Gasteiger partial charge in [-0.3, -0.25) is 0 Å². The van der Waals surface area contributed by atoms with Gasteiger partial charge in [-0.25, -0.2) is 0 Å². The van der Waals surface area contributed by atoms with Crippen LogP contribution in [0.3, 0.4) is 0 Å². The minimum atomic E-state index is 0.735. The van der Waals surface area contributed by atoms with Crippen LogP contribution in [0.1, 0.15) is 81.6 Å². The summed E-state index contributed by atoms with van der Waals surface area (Å²) in [7, 11) is 0. The van der Waals surface area contributed by atoms with E-state index in [1.54, 1.807) is 0 Å². The molecule has 0 nitrogen and oxygen atoms in total. The van der Waals surface area contributed by atoms with E-state index in [0.29, 0.717) is 0 Å². The van der Waals surface area contributed by atoms with Crippen LogP contribution in [0.15, 0.2) is 23.8 Å². The number of allylic oxidation sites excluding steroid dienone is 4. The molecule has 0 fully saturated rings. The highest BCUT2D eigenvalue weighted by Gasteiger charge is 2.04. The quantitative estimate of drug-likeness (QED) is 0.462. The third-order valence-electron chi connectivity index (χ3n) is 2.51. The van der Waals surface area contributed by atoms with Gasteiger partial charge in [-0.05, 0) is 32.1 Å². The molecule has 1 unspecified atom stereocenters. The summed E-state index contributed by atoms with van der Waals surface area (Å²) in [5, 5.41) is 0. The normalized spacial score (nSPS) is 12.7. The van der Waals surface area contributed by atoms with Gasteiger partial charge in [0.1, 0.15) is 0 Å². The van der Waals surface area contributed by atoms with E-state index in [9.17, 15) is 0 Å². The maximum atomic E-state index is 2.32. The van der Waals surface area contributed by atoms with Gasteiger partial charge < -0.3 is 0 Å². The van der Waals surface area contributed by atoms with Crippen LogP contribution in [0.2, 0.25) is 0 Å². The third kappa shape index (κ3) is 20.8. The second-order valence-corrected chi connectivity index (χ2v) is 5.02. The van der Waals surface area contributed by atoms with E-state index < -0.39 is 0 Å². The van der Waals surface area contributed by atoms with Crippen molar-refractivity contribution in [3.63, 3.8) is 0 Å². The van der Waals surface area contributed by atoms with Crippen LogP contribution in [0.4, 0.5) is 0 Å². The van der Waals surface area contributed by atoms with E-state index in [1.165, 1.54) is 24.8 Å². The van der Waals surface area contributed by atoms with Crippen LogP contribution >= 0.6 is 0 Å². The molecular weight excluding hydrogens is 216 g/mol. The first-order valence-corrected chi connectivity index (χ1v) is 7.78. The van der Waals surface area contributed by atoms with E-state index in [4.69, 9.17) is 0 Å². The SMILES string of the molecule is C/C=C\C=C(/C)C(C)CCC(C)C.CC.CCC. The molecular formula is C18H38. The van der Waals surface area contributed by atoms with E-state index >= 15 is 0 Å². The molecule has 0 aliphatic rings. The van der Waals surface area contributed by atoms with Crippen LogP contribution in [0.5, 0.6) is 0 Å². The van der Waals surface area contributed by atoms with Gasteiger partial charge in [0.05, 0.1) is 0 Å². The molecule has 0 saturated heterocycles. The fraction of sp³-hybridized carbons (Fsp3) is 0.778. The summed E-state index contributed by atoms with van der Waals surface area (Å²) in [4.78, 5) is 0. The topological polar surface area (TPSA) is 0 Å². The molecule has 0 aromatic carbocycles. The minimum Gasteiger partial charge on any atom is -0.0877 e. The Morgan fingerprint density at radius 3 is 1.78 bits per heavy atom. The average Bonchev–Trinajstić information content (AvgIpc) is 2.36. The van der Waals surface area contributed by atoms with Gasteiger partial charge >= 0.3 is 0 Å². The molecule has 0 aliphatic carbocycles. The molecule has 0 radical (unpaired) electrons. The lowest BCUT2D eigenvalue weighted by Crippen LogP contribution is -1.99. The Kier molecular flexibility index (Phi) is 23.7. The van der Waals surface area contributed by atoms with Gasteiger partial charge in [0.2, 0.25) is 0 Å². The summed E-state index contributed by atoms with van der Waals surface area (Å²) in [6.45, 7) is 19.4. The zero-order valence-electron chi connectivity index (χ0n) is 14.5. The molecule has 0 rings (SSSR count). The van der Waals surface area contributed by atoms with Crippen molar-refractivity contribution < 1.29 is 0 Å². The van der Waals surface area contributed by atoms with Crippen molar-refractivity contribution in [3.8, 4) is 0 Å². The Morgan fingerprint density at radius 1 is 1.00 bits per heavy atom. The van der Waals surface area contributed by atoms with Crippen LogP contribution in [0, 0.1) is 11.8 Å². The molecule has 0 heterocycles. The number of hydrogen-bond acceptors (Lipinski definition) is 0. The first kappa shape index (κ1) is 22.6. The van der Waals surface area contributed by atoms with Crippen molar-refractivity contribution in [3.05, 3.63) is 23.8 Å². The fourth-order valence-electron chi connectivity index (χ4n) is 1.22. The largest absolute Gasteiger partial charge is 0.0877 e. The van der Waals surface area contributed by atoms with E-state index in [1.807, 2.05) is 13.8 Å². The van der Waals surface area contributed by atoms with E-state index in [-0.39, 0.29) is 0 Å². The maximum absolute atomic E-state index is 2.32. The molecule has 0 bridgehead atoms. The fourth-order valence-corrected chi connectivity index (χ4v) is 1.22. The summed E-state index contributed by atoms with van der Waals surface area (Å²) < 4.78 is 0. The zero-order valence-corrected chi connectivity index (χ0v) is 14.5. The summed E-state index contributed by atoms with van der Waals surface area (Å²) in [6, 6.07) is 0. The second kappa shape index (κ2) is 18.8. The van der Waals surface area contributed by atoms with Crippen LogP contribution in [0.25, 0.3) is 0 Å². The van der Waals surface area contributed by atoms with Gasteiger partial charge in [0.25, 0.3) is 0 Å². The molecule has 0 aromatic rings. The van der Waals surface area contributed by atoms with E-state index in [0.717, 1.165) is 11.8 Å². The molecule has 110 valence electrons. The summed E-state index contributed by atoms with van der Waals surface area (Å²) in [5.41, 5.74) is 1.50. The number of rotatable bonds is 5. The second-order valence-electron chi connectivity index (χ2n) is 5.02. The highest BCUT2D eigenvalue weighted by atomic mass is 14.1. The van der Waals surface area contributed by atoms with Crippen LogP contribution in [-0.2, 0) is 0 Å². The standard InChI is InChI=1S/C13H24.C3H8.C2H6/c1-6-7-8-12(4)13(5)10-9-11(2)3;1-3-2;1-2/h6-8,11,13H,9-10H2,1-5H3;3H2,1-2H3;1-2H3/b7-6-,12-8+;;. The minimum absolute atomic E-state index is 0.735. The first-order chi connectivity index (χ1) is 8.49. The molecule has 0 N–H and O–H groups in total. The summed E-state index contributed by atoms with van der Waals surface area (Å²) in [6.07, 6.45) is 10.3. The Bertz CT molecular complexity index is 184. The average molecular weight is 255 g/mol. The zero-order chi connectivity index (χ0) is 15.0.